The Balaban J connectivity index is 0.000000308. The predicted molar refractivity (Wildman–Crippen MR) is 112 cm³/mol. The van der Waals surface area contributed by atoms with E-state index in [2.05, 4.69) is 23.5 Å². The molecule has 1 fully saturated rings. The van der Waals surface area contributed by atoms with Crippen LogP contribution in [0.2, 0.25) is 5.02 Å². The molecule has 0 radical (unpaired) electrons. The summed E-state index contributed by atoms with van der Waals surface area (Å²) in [5.74, 6) is 0. The topological polar surface area (TPSA) is 185 Å². The van der Waals surface area contributed by atoms with E-state index in [4.69, 9.17) is 51.6 Å². The molecule has 0 atom stereocenters. The Bertz CT molecular complexity index is 1140. The maximum Gasteiger partial charge on any atom is 0.0739 e. The van der Waals surface area contributed by atoms with Crippen molar-refractivity contribution in [1.29, 1.82) is 0 Å². The van der Waals surface area contributed by atoms with Crippen LogP contribution in [0.4, 0.5) is 0 Å². The second-order valence-electron chi connectivity index (χ2n) is 6.86. The zero-order valence-electron chi connectivity index (χ0n) is 16.6. The van der Waals surface area contributed by atoms with Gasteiger partial charge in [-0.15, -0.1) is 0 Å². The molecule has 1 aliphatic carbocycles. The summed E-state index contributed by atoms with van der Waals surface area (Å²) in [7, 11) is -10.3. The number of halogens is 1. The van der Waals surface area contributed by atoms with Crippen molar-refractivity contribution < 1.29 is 35.0 Å². The fraction of sp³-hybridized carbons (Fsp3) is 0.316. The molecule has 1 aromatic carbocycles. The highest BCUT2D eigenvalue weighted by Gasteiger charge is 2.23. The normalized spacial score (nSPS) is 15.8. The summed E-state index contributed by atoms with van der Waals surface area (Å²) in [6.07, 6.45) is 6.19. The van der Waals surface area contributed by atoms with Crippen LogP contribution in [0.5, 0.6) is 0 Å². The SMILES string of the molecule is Clc1ccc2c(c1)CCc1cccnc1C2=C1CCNCC1.O=S(=O)([O-])[O-].O=S(=O)([O-])[O-]. The average Bonchev–Trinajstić information content (AvgIpc) is 2.83. The molecule has 1 aromatic heterocycles. The molecule has 0 bridgehead atoms. The van der Waals surface area contributed by atoms with Gasteiger partial charge in [0.2, 0.25) is 0 Å². The van der Waals surface area contributed by atoms with Crippen molar-refractivity contribution in [2.75, 3.05) is 13.1 Å². The lowest BCUT2D eigenvalue weighted by atomic mass is 9.89. The predicted octanol–water partition coefficient (Wildman–Crippen LogP) is 1.34. The smallest absolute Gasteiger partial charge is 0.0739 e. The Morgan fingerprint density at radius 1 is 0.844 bits per heavy atom. The summed E-state index contributed by atoms with van der Waals surface area (Å²) < 4.78 is 68.2. The summed E-state index contributed by atoms with van der Waals surface area (Å²) in [4.78, 5) is 4.75. The first-order valence-corrected chi connectivity index (χ1v) is 12.4. The largest absolute Gasteiger partial charge is 0.759 e. The first-order valence-electron chi connectivity index (χ1n) is 9.32. The third kappa shape index (κ3) is 9.30. The van der Waals surface area contributed by atoms with E-state index in [1.165, 1.54) is 33.5 Å². The van der Waals surface area contributed by atoms with Gasteiger partial charge in [0.25, 0.3) is 0 Å². The minimum absolute atomic E-state index is 0.826. The van der Waals surface area contributed by atoms with E-state index in [1.807, 2.05) is 18.3 Å². The van der Waals surface area contributed by atoms with Crippen LogP contribution in [-0.4, -0.2) is 53.1 Å². The Morgan fingerprint density at radius 3 is 2.00 bits per heavy atom. The molecule has 1 saturated heterocycles. The van der Waals surface area contributed by atoms with Crippen LogP contribution in [0.25, 0.3) is 5.57 Å². The average molecular weight is 503 g/mol. The number of rotatable bonds is 0. The van der Waals surface area contributed by atoms with E-state index < -0.39 is 20.8 Å². The lowest BCUT2D eigenvalue weighted by Crippen LogP contribution is -2.24. The van der Waals surface area contributed by atoms with Gasteiger partial charge in [0.15, 0.2) is 0 Å². The molecule has 0 spiro atoms. The summed E-state index contributed by atoms with van der Waals surface area (Å²) in [6.45, 7) is 2.12. The van der Waals surface area contributed by atoms with E-state index >= 15 is 0 Å². The van der Waals surface area contributed by atoms with Crippen LogP contribution in [0, 0.1) is 0 Å². The zero-order valence-corrected chi connectivity index (χ0v) is 19.0. The van der Waals surface area contributed by atoms with E-state index in [0.717, 1.165) is 43.8 Å². The van der Waals surface area contributed by atoms with Crippen molar-refractivity contribution in [1.82, 2.24) is 10.3 Å². The molecule has 0 unspecified atom stereocenters. The summed E-state index contributed by atoms with van der Waals surface area (Å²) in [5, 5.41) is 4.28. The molecule has 13 heteroatoms. The monoisotopic (exact) mass is 502 g/mol. The van der Waals surface area contributed by atoms with Gasteiger partial charge in [0.05, 0.1) is 5.69 Å². The van der Waals surface area contributed by atoms with Gasteiger partial charge >= 0.3 is 0 Å². The van der Waals surface area contributed by atoms with E-state index in [-0.39, 0.29) is 0 Å². The maximum absolute atomic E-state index is 8.52. The number of fused-ring (bicyclic) bond motifs is 2. The molecule has 1 N–H and O–H groups in total. The quantitative estimate of drug-likeness (QED) is 0.406. The van der Waals surface area contributed by atoms with Crippen LogP contribution >= 0.6 is 11.6 Å². The lowest BCUT2D eigenvalue weighted by Gasteiger charge is -2.21. The van der Waals surface area contributed by atoms with Gasteiger partial charge in [0.1, 0.15) is 0 Å². The summed E-state index contributed by atoms with van der Waals surface area (Å²) >= 11 is 6.23. The molecule has 0 amide bonds. The van der Waals surface area contributed by atoms with Crippen molar-refractivity contribution in [2.45, 2.75) is 25.7 Å². The van der Waals surface area contributed by atoms with E-state index in [1.54, 1.807) is 0 Å². The van der Waals surface area contributed by atoms with Crippen molar-refractivity contribution in [2.24, 2.45) is 0 Å². The molecular weight excluding hydrogens is 484 g/mol. The fourth-order valence-corrected chi connectivity index (χ4v) is 3.81. The third-order valence-electron chi connectivity index (χ3n) is 4.69. The molecule has 2 aliphatic rings. The highest BCUT2D eigenvalue weighted by molar-refractivity contribution is 7.79. The Labute approximate surface area is 191 Å². The highest BCUT2D eigenvalue weighted by atomic mass is 35.5. The number of benzene rings is 1. The third-order valence-corrected chi connectivity index (χ3v) is 4.92. The van der Waals surface area contributed by atoms with Gasteiger partial charge in [-0.05, 0) is 73.7 Å². The number of hydrogen-bond acceptors (Lipinski definition) is 10. The van der Waals surface area contributed by atoms with Crippen LogP contribution < -0.4 is 5.32 Å². The van der Waals surface area contributed by atoms with E-state index in [9.17, 15) is 0 Å². The van der Waals surface area contributed by atoms with Gasteiger partial charge in [-0.2, -0.15) is 0 Å². The minimum Gasteiger partial charge on any atom is -0.759 e. The van der Waals surface area contributed by atoms with Crippen molar-refractivity contribution in [3.8, 4) is 0 Å². The number of pyridine rings is 1. The first-order chi connectivity index (χ1) is 14.8. The number of hydrogen-bond donors (Lipinski definition) is 1. The number of aromatic nitrogens is 1. The fourth-order valence-electron chi connectivity index (χ4n) is 3.61. The second-order valence-corrected chi connectivity index (χ2v) is 8.93. The molecule has 0 saturated carbocycles. The standard InChI is InChI=1S/C19H19ClN2.2H2O4S/c20-16-5-6-17-15(12-16)4-3-14-2-1-9-22-19(14)18(17)13-7-10-21-11-8-13;2*1-5(2,3)4/h1-2,5-6,9,12,21H,3-4,7-8,10-11H2;2*(H2,1,2,3,4)/p-4. The first kappa shape index (κ1) is 26.4. The minimum atomic E-state index is -5.17. The Hall–Kier alpha value is -1.90. The number of nitrogens with one attached hydrogen (secondary N) is 1. The number of aryl methyl sites for hydroxylation is 2. The van der Waals surface area contributed by atoms with Crippen molar-refractivity contribution in [3.63, 3.8) is 0 Å². The van der Waals surface area contributed by atoms with Gasteiger partial charge in [-0.25, -0.2) is 0 Å². The lowest BCUT2D eigenvalue weighted by molar-refractivity contribution is 0.350. The molecular formula is C19H19ClN2O8S2-4. The van der Waals surface area contributed by atoms with Gasteiger partial charge in [-0.3, -0.25) is 21.8 Å². The molecule has 4 rings (SSSR count). The van der Waals surface area contributed by atoms with Crippen LogP contribution in [0.1, 0.15) is 35.2 Å². The zero-order chi connectivity index (χ0) is 23.9. The summed E-state index contributed by atoms with van der Waals surface area (Å²) in [6, 6.07) is 10.6. The molecule has 2 heterocycles. The molecule has 10 nitrogen and oxygen atoms in total. The van der Waals surface area contributed by atoms with Crippen LogP contribution in [-0.2, 0) is 33.6 Å². The molecule has 176 valence electrons. The van der Waals surface area contributed by atoms with Crippen molar-refractivity contribution >= 4 is 38.0 Å². The summed E-state index contributed by atoms with van der Waals surface area (Å²) in [5.41, 5.74) is 8.12. The molecule has 1 aliphatic heterocycles. The number of piperidine rings is 1. The van der Waals surface area contributed by atoms with E-state index in [0.29, 0.717) is 0 Å². The highest BCUT2D eigenvalue weighted by Crippen LogP contribution is 2.37. The molecule has 2 aromatic rings. The maximum atomic E-state index is 8.52. The second kappa shape index (κ2) is 11.3. The van der Waals surface area contributed by atoms with Crippen molar-refractivity contribution in [3.05, 3.63) is 69.5 Å². The number of nitrogens with zero attached hydrogens (tertiary/aromatic N) is 1. The Kier molecular flexibility index (Phi) is 9.30. The van der Waals surface area contributed by atoms with Gasteiger partial charge < -0.3 is 23.5 Å². The van der Waals surface area contributed by atoms with Gasteiger partial charge in [-0.1, -0.05) is 29.3 Å². The van der Waals surface area contributed by atoms with Crippen LogP contribution in [0.15, 0.2) is 42.1 Å². The Morgan fingerprint density at radius 2 is 1.41 bits per heavy atom. The van der Waals surface area contributed by atoms with Crippen LogP contribution in [0.3, 0.4) is 0 Å². The molecule has 32 heavy (non-hydrogen) atoms. The van der Waals surface area contributed by atoms with Gasteiger partial charge in [0, 0.05) is 37.6 Å².